The Labute approximate surface area is 171 Å². The van der Waals surface area contributed by atoms with Gasteiger partial charge in [-0.2, -0.15) is 0 Å². The molecule has 1 aliphatic heterocycles. The molecular formula is C23H27N3O3. The summed E-state index contributed by atoms with van der Waals surface area (Å²) in [5, 5.41) is 1.27. The third kappa shape index (κ3) is 4.42. The maximum absolute atomic E-state index is 12.8. The van der Waals surface area contributed by atoms with Gasteiger partial charge in [-0.15, -0.1) is 0 Å². The van der Waals surface area contributed by atoms with Gasteiger partial charge >= 0.3 is 0 Å². The Morgan fingerprint density at radius 3 is 2.41 bits per heavy atom. The van der Waals surface area contributed by atoms with Crippen LogP contribution in [0.5, 0.6) is 5.75 Å². The van der Waals surface area contributed by atoms with Gasteiger partial charge in [0.05, 0.1) is 12.3 Å². The molecule has 2 aromatic rings. The minimum Gasteiger partial charge on any atom is -0.493 e. The highest BCUT2D eigenvalue weighted by molar-refractivity contribution is 6.31. The lowest BCUT2D eigenvalue weighted by molar-refractivity contribution is -0.117. The Bertz CT molecular complexity index is 905. The van der Waals surface area contributed by atoms with Crippen LogP contribution in [0, 0.1) is 0 Å². The largest absolute Gasteiger partial charge is 0.493 e. The van der Waals surface area contributed by atoms with Crippen molar-refractivity contribution in [1.82, 2.24) is 5.43 Å². The molecule has 152 valence electrons. The van der Waals surface area contributed by atoms with Crippen molar-refractivity contribution in [2.45, 2.75) is 27.2 Å². The summed E-state index contributed by atoms with van der Waals surface area (Å²) in [5.41, 5.74) is 5.10. The summed E-state index contributed by atoms with van der Waals surface area (Å²) in [4.78, 5) is 27.5. The van der Waals surface area contributed by atoms with Crippen molar-refractivity contribution in [3.8, 4) is 5.75 Å². The van der Waals surface area contributed by atoms with E-state index < -0.39 is 5.91 Å². The SMILES string of the molecule is CCCOc1cc(N(CC)CC)ccc1/C=C1/C(=O)NN(c2ccccc2)C1=O. The van der Waals surface area contributed by atoms with Crippen LogP contribution in [0.25, 0.3) is 6.08 Å². The van der Waals surface area contributed by atoms with Crippen LogP contribution in [0.15, 0.2) is 54.1 Å². The molecule has 1 fully saturated rings. The zero-order valence-corrected chi connectivity index (χ0v) is 17.1. The number of nitrogens with zero attached hydrogens (tertiary/aromatic N) is 2. The molecule has 0 atom stereocenters. The van der Waals surface area contributed by atoms with E-state index >= 15 is 0 Å². The van der Waals surface area contributed by atoms with E-state index in [2.05, 4.69) is 24.2 Å². The number of para-hydroxylation sites is 1. The molecule has 1 N–H and O–H groups in total. The highest BCUT2D eigenvalue weighted by atomic mass is 16.5. The average Bonchev–Trinajstić information content (AvgIpc) is 3.03. The van der Waals surface area contributed by atoms with Crippen molar-refractivity contribution in [2.75, 3.05) is 29.6 Å². The molecule has 1 heterocycles. The predicted octanol–water partition coefficient (Wildman–Crippen LogP) is 3.78. The van der Waals surface area contributed by atoms with Crippen LogP contribution in [-0.4, -0.2) is 31.5 Å². The molecule has 0 radical (unpaired) electrons. The average molecular weight is 393 g/mol. The first-order chi connectivity index (χ1) is 14.1. The van der Waals surface area contributed by atoms with Crippen molar-refractivity contribution in [2.24, 2.45) is 0 Å². The maximum Gasteiger partial charge on any atom is 0.282 e. The van der Waals surface area contributed by atoms with Crippen LogP contribution >= 0.6 is 0 Å². The number of hydrazine groups is 1. The smallest absolute Gasteiger partial charge is 0.282 e. The zero-order valence-electron chi connectivity index (χ0n) is 17.1. The minimum absolute atomic E-state index is 0.0887. The number of hydrogen-bond donors (Lipinski definition) is 1. The number of rotatable bonds is 8. The lowest BCUT2D eigenvalue weighted by atomic mass is 10.1. The van der Waals surface area contributed by atoms with Crippen molar-refractivity contribution >= 4 is 29.3 Å². The number of amides is 2. The van der Waals surface area contributed by atoms with E-state index in [0.717, 1.165) is 25.2 Å². The fraction of sp³-hybridized carbons (Fsp3) is 0.304. The Morgan fingerprint density at radius 2 is 1.76 bits per heavy atom. The molecule has 0 aromatic heterocycles. The lowest BCUT2D eigenvalue weighted by Gasteiger charge is -2.22. The van der Waals surface area contributed by atoms with Gasteiger partial charge < -0.3 is 9.64 Å². The van der Waals surface area contributed by atoms with Gasteiger partial charge in [-0.05, 0) is 50.6 Å². The second kappa shape index (κ2) is 9.28. The van der Waals surface area contributed by atoms with E-state index in [9.17, 15) is 9.59 Å². The van der Waals surface area contributed by atoms with Gasteiger partial charge in [0.2, 0.25) is 0 Å². The number of carbonyl (C=O) groups is 2. The van der Waals surface area contributed by atoms with Crippen LogP contribution < -0.4 is 20.1 Å². The predicted molar refractivity (Wildman–Crippen MR) is 116 cm³/mol. The summed E-state index contributed by atoms with van der Waals surface area (Å²) in [6.07, 6.45) is 2.48. The van der Waals surface area contributed by atoms with Crippen molar-refractivity contribution in [3.05, 3.63) is 59.7 Å². The highest BCUT2D eigenvalue weighted by Crippen LogP contribution is 2.29. The van der Waals surface area contributed by atoms with Crippen LogP contribution in [0.3, 0.4) is 0 Å². The number of benzene rings is 2. The maximum atomic E-state index is 12.8. The van der Waals surface area contributed by atoms with Gasteiger partial charge in [-0.25, -0.2) is 5.01 Å². The molecule has 0 bridgehead atoms. The quantitative estimate of drug-likeness (QED) is 0.548. The van der Waals surface area contributed by atoms with Gasteiger partial charge in [-0.1, -0.05) is 25.1 Å². The Morgan fingerprint density at radius 1 is 1.03 bits per heavy atom. The molecule has 0 saturated carbocycles. The Balaban J connectivity index is 1.95. The standard InChI is InChI=1S/C23H27N3O3/c1-4-14-29-21-16-19(25(5-2)6-3)13-12-17(21)15-20-22(27)24-26(23(20)28)18-10-8-7-9-11-18/h7-13,15-16H,4-6,14H2,1-3H3,(H,24,27)/b20-15-. The van der Waals surface area contributed by atoms with Crippen LogP contribution in [0.2, 0.25) is 0 Å². The summed E-state index contributed by atoms with van der Waals surface area (Å²) >= 11 is 0. The monoisotopic (exact) mass is 393 g/mol. The van der Waals surface area contributed by atoms with Crippen molar-refractivity contribution in [1.29, 1.82) is 0 Å². The van der Waals surface area contributed by atoms with Crippen molar-refractivity contribution < 1.29 is 14.3 Å². The summed E-state index contributed by atoms with van der Waals surface area (Å²) in [7, 11) is 0. The summed E-state index contributed by atoms with van der Waals surface area (Å²) in [5.74, 6) is -0.133. The van der Waals surface area contributed by atoms with Crippen LogP contribution in [0.1, 0.15) is 32.8 Å². The van der Waals surface area contributed by atoms with Gasteiger partial charge in [0.1, 0.15) is 11.3 Å². The van der Waals surface area contributed by atoms with E-state index in [4.69, 9.17) is 4.74 Å². The van der Waals surface area contributed by atoms with E-state index in [0.29, 0.717) is 23.6 Å². The summed E-state index contributed by atoms with van der Waals surface area (Å²) in [6, 6.07) is 14.9. The van der Waals surface area contributed by atoms with Crippen LogP contribution in [-0.2, 0) is 9.59 Å². The first-order valence-corrected chi connectivity index (χ1v) is 10.0. The molecule has 0 unspecified atom stereocenters. The third-order valence-electron chi connectivity index (χ3n) is 4.79. The van der Waals surface area contributed by atoms with Gasteiger partial charge in [0.25, 0.3) is 11.8 Å². The number of anilines is 2. The first-order valence-electron chi connectivity index (χ1n) is 10.0. The van der Waals surface area contributed by atoms with E-state index in [1.165, 1.54) is 5.01 Å². The molecule has 1 aliphatic rings. The molecule has 2 amide bonds. The second-order valence-corrected chi connectivity index (χ2v) is 6.72. The molecule has 3 rings (SSSR count). The van der Waals surface area contributed by atoms with Gasteiger partial charge in [0, 0.05) is 30.4 Å². The Kier molecular flexibility index (Phi) is 6.54. The molecule has 0 aliphatic carbocycles. The normalized spacial score (nSPS) is 15.0. The minimum atomic E-state index is -0.423. The molecular weight excluding hydrogens is 366 g/mol. The Hall–Kier alpha value is -3.28. The van der Waals surface area contributed by atoms with Gasteiger partial charge in [0.15, 0.2) is 0 Å². The fourth-order valence-electron chi connectivity index (χ4n) is 3.24. The molecule has 6 heteroatoms. The topological polar surface area (TPSA) is 61.9 Å². The fourth-order valence-corrected chi connectivity index (χ4v) is 3.24. The lowest BCUT2D eigenvalue weighted by Crippen LogP contribution is -2.35. The molecule has 29 heavy (non-hydrogen) atoms. The number of carbonyl (C=O) groups excluding carboxylic acids is 2. The number of nitrogens with one attached hydrogen (secondary N) is 1. The van der Waals surface area contributed by atoms with Gasteiger partial charge in [-0.3, -0.25) is 15.0 Å². The first kappa shape index (κ1) is 20.5. The number of hydrogen-bond acceptors (Lipinski definition) is 4. The van der Waals surface area contributed by atoms with Crippen molar-refractivity contribution in [3.63, 3.8) is 0 Å². The molecule has 2 aromatic carbocycles. The van der Waals surface area contributed by atoms with Crippen LogP contribution in [0.4, 0.5) is 11.4 Å². The molecule has 1 saturated heterocycles. The van der Waals surface area contributed by atoms with E-state index in [1.54, 1.807) is 18.2 Å². The van der Waals surface area contributed by atoms with E-state index in [-0.39, 0.29) is 11.5 Å². The molecule has 0 spiro atoms. The summed E-state index contributed by atoms with van der Waals surface area (Å²) < 4.78 is 5.93. The summed E-state index contributed by atoms with van der Waals surface area (Å²) in [6.45, 7) is 8.58. The second-order valence-electron chi connectivity index (χ2n) is 6.72. The zero-order chi connectivity index (χ0) is 20.8. The molecule has 6 nitrogen and oxygen atoms in total. The number of ether oxygens (including phenoxy) is 1. The highest BCUT2D eigenvalue weighted by Gasteiger charge is 2.34. The van der Waals surface area contributed by atoms with E-state index in [1.807, 2.05) is 43.3 Å². The third-order valence-corrected chi connectivity index (χ3v) is 4.79.